The topological polar surface area (TPSA) is 120 Å². The minimum atomic E-state index is -0.412. The Hall–Kier alpha value is -3.29. The number of nitrogens with one attached hydrogen (secondary N) is 1. The number of rotatable bonds is 4. The summed E-state index contributed by atoms with van der Waals surface area (Å²) in [4.78, 5) is 29.1. The maximum atomic E-state index is 12.3. The van der Waals surface area contributed by atoms with Crippen LogP contribution in [0.15, 0.2) is 35.1 Å². The van der Waals surface area contributed by atoms with Crippen molar-refractivity contribution in [2.24, 2.45) is 0 Å². The van der Waals surface area contributed by atoms with E-state index in [1.165, 1.54) is 12.5 Å². The zero-order valence-corrected chi connectivity index (χ0v) is 13.3. The molecule has 0 aromatic carbocycles. The second-order valence-corrected chi connectivity index (χ2v) is 5.18. The molecular weight excluding hydrogens is 308 g/mol. The highest BCUT2D eigenvalue weighted by Gasteiger charge is 2.18. The lowest BCUT2D eigenvalue weighted by Gasteiger charge is -2.09. The van der Waals surface area contributed by atoms with Gasteiger partial charge in [0.05, 0.1) is 24.1 Å². The molecule has 0 unspecified atom stereocenters. The molecule has 3 N–H and O–H groups in total. The first kappa shape index (κ1) is 15.6. The molecule has 122 valence electrons. The summed E-state index contributed by atoms with van der Waals surface area (Å²) >= 11 is 0. The van der Waals surface area contributed by atoms with Crippen molar-refractivity contribution in [3.63, 3.8) is 0 Å². The van der Waals surface area contributed by atoms with Crippen LogP contribution >= 0.6 is 0 Å². The lowest BCUT2D eigenvalue weighted by atomic mass is 10.2. The molecule has 0 aliphatic rings. The summed E-state index contributed by atoms with van der Waals surface area (Å²) in [7, 11) is 0. The van der Waals surface area contributed by atoms with Gasteiger partial charge in [-0.25, -0.2) is 15.0 Å². The summed E-state index contributed by atoms with van der Waals surface area (Å²) in [6.45, 7) is 3.88. The van der Waals surface area contributed by atoms with E-state index in [1.54, 1.807) is 6.92 Å². The quantitative estimate of drug-likeness (QED) is 0.748. The van der Waals surface area contributed by atoms with E-state index < -0.39 is 5.91 Å². The van der Waals surface area contributed by atoms with Crippen molar-refractivity contribution in [3.05, 3.63) is 53.4 Å². The van der Waals surface area contributed by atoms with E-state index in [4.69, 9.17) is 10.2 Å². The Labute approximate surface area is 138 Å². The minimum Gasteiger partial charge on any atom is -0.443 e. The van der Waals surface area contributed by atoms with Gasteiger partial charge >= 0.3 is 0 Å². The largest absolute Gasteiger partial charge is 0.443 e. The molecule has 0 bridgehead atoms. The van der Waals surface area contributed by atoms with E-state index in [0.29, 0.717) is 17.3 Å². The van der Waals surface area contributed by atoms with E-state index in [2.05, 4.69) is 25.3 Å². The third-order valence-electron chi connectivity index (χ3n) is 3.32. The summed E-state index contributed by atoms with van der Waals surface area (Å²) in [5.74, 6) is -0.0866. The Morgan fingerprint density at radius 1 is 1.25 bits per heavy atom. The van der Waals surface area contributed by atoms with Gasteiger partial charge in [-0.3, -0.25) is 9.78 Å². The second kappa shape index (κ2) is 6.45. The number of amides is 1. The Bertz CT molecular complexity index is 876. The van der Waals surface area contributed by atoms with Crippen molar-refractivity contribution in [3.8, 4) is 11.6 Å². The van der Waals surface area contributed by atoms with Gasteiger partial charge in [0.2, 0.25) is 5.89 Å². The van der Waals surface area contributed by atoms with Gasteiger partial charge in [-0.2, -0.15) is 0 Å². The van der Waals surface area contributed by atoms with Crippen molar-refractivity contribution in [1.82, 2.24) is 25.3 Å². The molecule has 0 saturated carbocycles. The summed E-state index contributed by atoms with van der Waals surface area (Å²) in [5, 5.41) is 2.74. The van der Waals surface area contributed by atoms with Crippen LogP contribution in [0.5, 0.6) is 0 Å². The predicted octanol–water partition coefficient (Wildman–Crippen LogP) is 1.66. The molecule has 0 saturated heterocycles. The number of oxazole rings is 1. The zero-order chi connectivity index (χ0) is 17.1. The fraction of sp³-hybridized carbons (Fsp3) is 0.188. The number of nitrogen functional groups attached to an aromatic ring is 1. The number of hydrogen-bond donors (Lipinski definition) is 2. The molecule has 0 atom stereocenters. The van der Waals surface area contributed by atoms with Crippen LogP contribution in [0.1, 0.15) is 27.6 Å². The van der Waals surface area contributed by atoms with Crippen LogP contribution in [0.4, 0.5) is 5.82 Å². The molecule has 3 aromatic heterocycles. The molecule has 8 heteroatoms. The molecule has 0 radical (unpaired) electrons. The van der Waals surface area contributed by atoms with Gasteiger partial charge in [-0.15, -0.1) is 0 Å². The summed E-state index contributed by atoms with van der Waals surface area (Å²) in [6, 6.07) is 5.60. The van der Waals surface area contributed by atoms with Crippen LogP contribution in [-0.4, -0.2) is 25.8 Å². The SMILES string of the molecule is Cc1cccc(CNC(=O)c2nc(C)c(-c3ncco3)nc2N)n1. The molecular formula is C16H16N6O2. The normalized spacial score (nSPS) is 10.6. The number of carbonyl (C=O) groups is 1. The molecule has 3 rings (SSSR count). The van der Waals surface area contributed by atoms with Crippen molar-refractivity contribution >= 4 is 11.7 Å². The molecule has 1 amide bonds. The van der Waals surface area contributed by atoms with Gasteiger partial charge < -0.3 is 15.5 Å². The van der Waals surface area contributed by atoms with Crippen molar-refractivity contribution in [2.45, 2.75) is 20.4 Å². The van der Waals surface area contributed by atoms with E-state index in [9.17, 15) is 4.79 Å². The maximum absolute atomic E-state index is 12.3. The number of pyridine rings is 1. The fourth-order valence-corrected chi connectivity index (χ4v) is 2.19. The van der Waals surface area contributed by atoms with E-state index in [0.717, 1.165) is 11.4 Å². The molecule has 3 heterocycles. The molecule has 0 aliphatic heterocycles. The number of nitrogens with two attached hydrogens (primary N) is 1. The van der Waals surface area contributed by atoms with E-state index in [1.807, 2.05) is 25.1 Å². The van der Waals surface area contributed by atoms with Crippen LogP contribution < -0.4 is 11.1 Å². The van der Waals surface area contributed by atoms with Gasteiger partial charge in [0.1, 0.15) is 12.0 Å². The van der Waals surface area contributed by atoms with Crippen molar-refractivity contribution < 1.29 is 9.21 Å². The first-order valence-corrected chi connectivity index (χ1v) is 7.29. The molecule has 0 aliphatic carbocycles. The first-order chi connectivity index (χ1) is 11.5. The number of nitrogens with zero attached hydrogens (tertiary/aromatic N) is 4. The highest BCUT2D eigenvalue weighted by atomic mass is 16.3. The summed E-state index contributed by atoms with van der Waals surface area (Å²) in [6.07, 6.45) is 2.93. The average molecular weight is 324 g/mol. The van der Waals surface area contributed by atoms with Crippen LogP contribution in [0.3, 0.4) is 0 Å². The molecule has 3 aromatic rings. The molecule has 24 heavy (non-hydrogen) atoms. The van der Waals surface area contributed by atoms with Crippen LogP contribution in [0.25, 0.3) is 11.6 Å². The van der Waals surface area contributed by atoms with Gasteiger partial charge in [0.15, 0.2) is 11.5 Å². The minimum absolute atomic E-state index is 0.0171. The predicted molar refractivity (Wildman–Crippen MR) is 86.8 cm³/mol. The Morgan fingerprint density at radius 3 is 2.79 bits per heavy atom. The number of anilines is 1. The Kier molecular flexibility index (Phi) is 4.19. The molecule has 8 nitrogen and oxygen atoms in total. The number of carbonyl (C=O) groups excluding carboxylic acids is 1. The van der Waals surface area contributed by atoms with Crippen molar-refractivity contribution in [1.29, 1.82) is 0 Å². The second-order valence-electron chi connectivity index (χ2n) is 5.18. The highest BCUT2D eigenvalue weighted by molar-refractivity contribution is 5.96. The summed E-state index contributed by atoms with van der Waals surface area (Å²) < 4.78 is 5.19. The third kappa shape index (κ3) is 3.22. The fourth-order valence-electron chi connectivity index (χ4n) is 2.19. The Morgan fingerprint density at radius 2 is 2.08 bits per heavy atom. The van der Waals surface area contributed by atoms with Crippen LogP contribution in [0, 0.1) is 13.8 Å². The number of hydrogen-bond acceptors (Lipinski definition) is 7. The lowest BCUT2D eigenvalue weighted by Crippen LogP contribution is -2.26. The lowest BCUT2D eigenvalue weighted by molar-refractivity contribution is 0.0946. The monoisotopic (exact) mass is 324 g/mol. The van der Waals surface area contributed by atoms with Crippen LogP contribution in [0.2, 0.25) is 0 Å². The standard InChI is InChI=1S/C16H16N6O2/c1-9-4-3-5-11(20-9)8-19-15(23)13-14(17)22-12(10(2)21-13)16-18-6-7-24-16/h3-7H,8H2,1-2H3,(H2,17,22)(H,19,23). The number of aryl methyl sites for hydroxylation is 2. The first-order valence-electron chi connectivity index (χ1n) is 7.29. The van der Waals surface area contributed by atoms with E-state index in [-0.39, 0.29) is 18.1 Å². The van der Waals surface area contributed by atoms with Crippen LogP contribution in [-0.2, 0) is 6.54 Å². The molecule has 0 fully saturated rings. The van der Waals surface area contributed by atoms with E-state index >= 15 is 0 Å². The van der Waals surface area contributed by atoms with Gasteiger partial charge in [0.25, 0.3) is 5.91 Å². The zero-order valence-electron chi connectivity index (χ0n) is 13.3. The summed E-state index contributed by atoms with van der Waals surface area (Å²) in [5.41, 5.74) is 8.49. The van der Waals surface area contributed by atoms with Gasteiger partial charge in [0, 0.05) is 5.69 Å². The van der Waals surface area contributed by atoms with Gasteiger partial charge in [-0.1, -0.05) is 6.07 Å². The van der Waals surface area contributed by atoms with Gasteiger partial charge in [-0.05, 0) is 26.0 Å². The maximum Gasteiger partial charge on any atom is 0.274 e. The number of aromatic nitrogens is 4. The van der Waals surface area contributed by atoms with Crippen molar-refractivity contribution in [2.75, 3.05) is 5.73 Å². The highest BCUT2D eigenvalue weighted by Crippen LogP contribution is 2.20. The third-order valence-corrected chi connectivity index (χ3v) is 3.32. The smallest absolute Gasteiger partial charge is 0.274 e. The average Bonchev–Trinajstić information content (AvgIpc) is 3.08. The Balaban J connectivity index is 1.79. The molecule has 0 spiro atoms.